The summed E-state index contributed by atoms with van der Waals surface area (Å²) in [5, 5.41) is 0. The minimum Gasteiger partial charge on any atom is -0.418 e. The van der Waals surface area contributed by atoms with Gasteiger partial charge in [-0.2, -0.15) is 0 Å². The van der Waals surface area contributed by atoms with Crippen molar-refractivity contribution in [3.63, 3.8) is 0 Å². The number of rotatable bonds is 52. The van der Waals surface area contributed by atoms with Crippen LogP contribution in [0.5, 0.6) is 23.0 Å². The van der Waals surface area contributed by atoms with Gasteiger partial charge in [0.2, 0.25) is 0 Å². The van der Waals surface area contributed by atoms with Crippen LogP contribution in [0.15, 0.2) is 97.1 Å². The molecule has 0 amide bonds. The number of aryl methyl sites for hydroxylation is 2. The molecule has 0 aliphatic rings. The molecule has 0 bridgehead atoms. The van der Waals surface area contributed by atoms with E-state index in [1.54, 1.807) is 0 Å². The van der Waals surface area contributed by atoms with Crippen LogP contribution >= 0.6 is 17.2 Å². The quantitative estimate of drug-likeness (QED) is 0.0324. The molecule has 4 rings (SSSR count). The largest absolute Gasteiger partial charge is 0.463 e. The van der Waals surface area contributed by atoms with Crippen LogP contribution in [-0.4, -0.2) is 13.2 Å². The Morgan fingerprint density at radius 3 is 0.861 bits per heavy atom. The second-order valence-corrected chi connectivity index (χ2v) is 25.3. The summed E-state index contributed by atoms with van der Waals surface area (Å²) >= 11 is 0. The van der Waals surface area contributed by atoms with Crippen molar-refractivity contribution in [1.29, 1.82) is 0 Å². The molecule has 0 fully saturated rings. The van der Waals surface area contributed by atoms with Crippen molar-refractivity contribution in [1.82, 2.24) is 0 Å². The lowest BCUT2D eigenvalue weighted by Gasteiger charge is -2.27. The molecule has 2 unspecified atom stereocenters. The summed E-state index contributed by atoms with van der Waals surface area (Å²) in [6.45, 7) is 15.0. The number of benzene rings is 4. The number of para-hydroxylation sites is 2. The first-order valence-electron chi connectivity index (χ1n) is 32.8. The zero-order valence-electron chi connectivity index (χ0n) is 51.4. The van der Waals surface area contributed by atoms with Crippen LogP contribution in [0.4, 0.5) is 0 Å². The van der Waals surface area contributed by atoms with E-state index in [1.807, 2.05) is 0 Å². The van der Waals surface area contributed by atoms with Gasteiger partial charge in [-0.25, -0.2) is 0 Å². The Morgan fingerprint density at radius 1 is 0.291 bits per heavy atom. The predicted octanol–water partition coefficient (Wildman–Crippen LogP) is 24.6. The molecule has 0 aromatic heterocycles. The molecule has 8 heteroatoms. The molecule has 0 aliphatic heterocycles. The minimum atomic E-state index is -1.66. The molecule has 4 aromatic rings. The van der Waals surface area contributed by atoms with Gasteiger partial charge < -0.3 is 18.1 Å². The van der Waals surface area contributed by atoms with Crippen molar-refractivity contribution < 1.29 is 27.1 Å². The van der Waals surface area contributed by atoms with Gasteiger partial charge >= 0.3 is 17.2 Å². The SMILES string of the molecule is CCCCCCCCCCCCCOP(Oc1ccc(C(C)(C)c2ccc(OP(OCCCCCCCCCCCCC)Oc3ccccc3CCCCCCCCC)cc2)cc1)Oc1ccccc1CCCCCCCCC. The molecule has 6 nitrogen and oxygen atoms in total. The maximum absolute atomic E-state index is 6.69. The molecule has 444 valence electrons. The molecule has 79 heavy (non-hydrogen) atoms. The highest BCUT2D eigenvalue weighted by Crippen LogP contribution is 2.46. The fourth-order valence-corrected chi connectivity index (χ4v) is 12.6. The van der Waals surface area contributed by atoms with E-state index in [2.05, 4.69) is 139 Å². The second kappa shape index (κ2) is 45.4. The molecule has 0 saturated carbocycles. The topological polar surface area (TPSA) is 55.4 Å². The van der Waals surface area contributed by atoms with Gasteiger partial charge in [0.25, 0.3) is 0 Å². The van der Waals surface area contributed by atoms with Gasteiger partial charge in [-0.3, -0.25) is 9.05 Å². The van der Waals surface area contributed by atoms with E-state index in [0.717, 1.165) is 61.5 Å². The zero-order valence-corrected chi connectivity index (χ0v) is 53.2. The first-order chi connectivity index (χ1) is 38.9. The smallest absolute Gasteiger partial charge is 0.418 e. The van der Waals surface area contributed by atoms with E-state index in [-0.39, 0.29) is 5.41 Å². The monoisotopic (exact) mass is 1120 g/mol. The molecule has 2 atom stereocenters. The maximum atomic E-state index is 6.69. The van der Waals surface area contributed by atoms with Crippen LogP contribution in [-0.2, 0) is 27.3 Å². The average molecular weight is 1130 g/mol. The van der Waals surface area contributed by atoms with Gasteiger partial charge in [-0.05, 0) is 97.2 Å². The second-order valence-electron chi connectivity index (χ2n) is 23.2. The van der Waals surface area contributed by atoms with Crippen molar-refractivity contribution in [2.45, 2.75) is 291 Å². The first-order valence-corrected chi connectivity index (χ1v) is 35.0. The van der Waals surface area contributed by atoms with E-state index in [0.29, 0.717) is 13.2 Å². The summed E-state index contributed by atoms with van der Waals surface area (Å²) in [6, 6.07) is 34.0. The van der Waals surface area contributed by atoms with Crippen LogP contribution in [0.25, 0.3) is 0 Å². The highest BCUT2D eigenvalue weighted by Gasteiger charge is 2.26. The Balaban J connectivity index is 1.38. The molecular formula is C71H114O6P2. The highest BCUT2D eigenvalue weighted by atomic mass is 31.2. The van der Waals surface area contributed by atoms with Crippen LogP contribution in [0.1, 0.15) is 295 Å². The van der Waals surface area contributed by atoms with Crippen LogP contribution in [0.2, 0.25) is 0 Å². The number of unbranched alkanes of at least 4 members (excludes halogenated alkanes) is 32. The van der Waals surface area contributed by atoms with E-state index >= 15 is 0 Å². The van der Waals surface area contributed by atoms with E-state index in [1.165, 1.54) is 228 Å². The number of hydrogen-bond acceptors (Lipinski definition) is 6. The lowest BCUT2D eigenvalue weighted by Crippen LogP contribution is -2.18. The van der Waals surface area contributed by atoms with E-state index < -0.39 is 17.2 Å². The normalized spacial score (nSPS) is 12.4. The molecule has 0 spiro atoms. The number of hydrogen-bond donors (Lipinski definition) is 0. The van der Waals surface area contributed by atoms with Gasteiger partial charge in [0, 0.05) is 5.41 Å². The summed E-state index contributed by atoms with van der Waals surface area (Å²) in [5.74, 6) is 3.26. The van der Waals surface area contributed by atoms with Crippen molar-refractivity contribution in [2.24, 2.45) is 0 Å². The van der Waals surface area contributed by atoms with E-state index in [9.17, 15) is 0 Å². The highest BCUT2D eigenvalue weighted by molar-refractivity contribution is 7.42. The Bertz CT molecular complexity index is 1880. The summed E-state index contributed by atoms with van der Waals surface area (Å²) in [7, 11) is -3.32. The molecule has 0 N–H and O–H groups in total. The Morgan fingerprint density at radius 2 is 0.557 bits per heavy atom. The third kappa shape index (κ3) is 31.2. The summed E-state index contributed by atoms with van der Waals surface area (Å²) in [4.78, 5) is 0. The standard InChI is InChI=1S/C71H114O6P2/c1-7-11-15-19-23-25-27-29-33-37-45-61-72-78(76-69-51-43-41-49-63(69)47-39-35-31-21-17-13-9-3)74-67-57-53-65(54-58-67)71(5,6)66-55-59-68(60-56-66)75-79(73-62-46-38-34-30-28-26-24-20-16-12-8-2)77-70-52-44-42-50-64(70)48-40-36-32-22-18-14-10-4/h41-44,49-60H,7-40,45-48,61-62H2,1-6H3. The van der Waals surface area contributed by atoms with Crippen molar-refractivity contribution in [3.05, 3.63) is 119 Å². The van der Waals surface area contributed by atoms with Gasteiger partial charge in [-0.15, -0.1) is 0 Å². The summed E-state index contributed by atoms with van der Waals surface area (Å²) in [5.41, 5.74) is 4.57. The van der Waals surface area contributed by atoms with Gasteiger partial charge in [0.05, 0.1) is 13.2 Å². The Kier molecular flexibility index (Phi) is 39.3. The fourth-order valence-electron chi connectivity index (χ4n) is 10.5. The molecular weight excluding hydrogens is 1010 g/mol. The van der Waals surface area contributed by atoms with Crippen molar-refractivity contribution >= 4 is 17.2 Å². The molecule has 0 saturated heterocycles. The minimum absolute atomic E-state index is 0.277. The molecule has 0 heterocycles. The lowest BCUT2D eigenvalue weighted by atomic mass is 9.78. The van der Waals surface area contributed by atoms with Crippen molar-refractivity contribution in [2.75, 3.05) is 13.2 Å². The molecule has 4 aromatic carbocycles. The van der Waals surface area contributed by atoms with Crippen LogP contribution in [0.3, 0.4) is 0 Å². The van der Waals surface area contributed by atoms with Gasteiger partial charge in [0.1, 0.15) is 23.0 Å². The van der Waals surface area contributed by atoms with E-state index in [4.69, 9.17) is 27.1 Å². The van der Waals surface area contributed by atoms with Crippen LogP contribution in [0, 0.1) is 0 Å². The lowest BCUT2D eigenvalue weighted by molar-refractivity contribution is 0.257. The summed E-state index contributed by atoms with van der Waals surface area (Å²) < 4.78 is 39.6. The van der Waals surface area contributed by atoms with Crippen molar-refractivity contribution in [3.8, 4) is 23.0 Å². The predicted molar refractivity (Wildman–Crippen MR) is 342 cm³/mol. The maximum Gasteiger partial charge on any atom is 0.463 e. The van der Waals surface area contributed by atoms with Gasteiger partial charge in [-0.1, -0.05) is 308 Å². The van der Waals surface area contributed by atoms with Crippen LogP contribution < -0.4 is 18.1 Å². The first kappa shape index (κ1) is 68.4. The third-order valence-electron chi connectivity index (χ3n) is 15.8. The van der Waals surface area contributed by atoms with Gasteiger partial charge in [0.15, 0.2) is 0 Å². The molecule has 0 radical (unpaired) electrons. The summed E-state index contributed by atoms with van der Waals surface area (Å²) in [6.07, 6.45) is 48.6. The fraction of sp³-hybridized carbons (Fsp3) is 0.662. The molecule has 0 aliphatic carbocycles. The Hall–Kier alpha value is -3.14. The Labute approximate surface area is 488 Å². The third-order valence-corrected chi connectivity index (χ3v) is 18.0. The zero-order chi connectivity index (χ0) is 56.1. The average Bonchev–Trinajstić information content (AvgIpc) is 3.50.